The highest BCUT2D eigenvalue weighted by molar-refractivity contribution is 6.10. The van der Waals surface area contributed by atoms with E-state index in [-0.39, 0.29) is 5.75 Å². The molecule has 2 aromatic rings. The topological polar surface area (TPSA) is 87.7 Å². The number of nitrogens with zero attached hydrogens (tertiary/aromatic N) is 1. The van der Waals surface area contributed by atoms with Gasteiger partial charge in [0.25, 0.3) is 5.91 Å². The Kier molecular flexibility index (Phi) is 5.53. The number of imide groups is 1. The van der Waals surface area contributed by atoms with Gasteiger partial charge in [0.2, 0.25) is 5.91 Å². The molecular formula is C22H20F3N3O4. The van der Waals surface area contributed by atoms with Gasteiger partial charge in [-0.2, -0.15) is 13.2 Å². The Morgan fingerprint density at radius 3 is 2.56 bits per heavy atom. The quantitative estimate of drug-likeness (QED) is 0.689. The molecule has 0 saturated carbocycles. The summed E-state index contributed by atoms with van der Waals surface area (Å²) in [7, 11) is 0. The van der Waals surface area contributed by atoms with Crippen LogP contribution in [0.4, 0.5) is 23.7 Å². The van der Waals surface area contributed by atoms with Crippen molar-refractivity contribution in [1.29, 1.82) is 0 Å². The third kappa shape index (κ3) is 4.25. The molecule has 4 rings (SSSR count). The van der Waals surface area contributed by atoms with Crippen molar-refractivity contribution in [3.63, 3.8) is 0 Å². The maximum Gasteiger partial charge on any atom is 0.422 e. The number of rotatable bonds is 5. The normalized spacial score (nSPS) is 20.2. The van der Waals surface area contributed by atoms with E-state index < -0.39 is 42.7 Å². The van der Waals surface area contributed by atoms with Crippen LogP contribution in [-0.2, 0) is 21.5 Å². The molecule has 0 aromatic heterocycles. The molecule has 1 heterocycles. The van der Waals surface area contributed by atoms with E-state index in [9.17, 15) is 27.6 Å². The van der Waals surface area contributed by atoms with Crippen molar-refractivity contribution < 1.29 is 32.3 Å². The van der Waals surface area contributed by atoms with E-state index in [1.54, 1.807) is 0 Å². The Morgan fingerprint density at radius 1 is 1.12 bits per heavy atom. The average Bonchev–Trinajstić information content (AvgIpc) is 2.98. The molecule has 7 nitrogen and oxygen atoms in total. The van der Waals surface area contributed by atoms with Crippen molar-refractivity contribution >= 4 is 23.5 Å². The molecule has 1 aliphatic heterocycles. The molecule has 2 aliphatic rings. The van der Waals surface area contributed by atoms with Gasteiger partial charge < -0.3 is 15.4 Å². The summed E-state index contributed by atoms with van der Waals surface area (Å²) in [6.07, 6.45) is -2.46. The zero-order valence-electron chi connectivity index (χ0n) is 16.9. The summed E-state index contributed by atoms with van der Waals surface area (Å²) < 4.78 is 41.3. The van der Waals surface area contributed by atoms with E-state index >= 15 is 0 Å². The second kappa shape index (κ2) is 8.18. The van der Waals surface area contributed by atoms with Gasteiger partial charge in [-0.3, -0.25) is 14.5 Å². The lowest BCUT2D eigenvalue weighted by Gasteiger charge is -2.33. The molecule has 1 fully saturated rings. The van der Waals surface area contributed by atoms with Crippen LogP contribution in [0.25, 0.3) is 0 Å². The third-order valence-electron chi connectivity index (χ3n) is 5.49. The van der Waals surface area contributed by atoms with Crippen LogP contribution in [-0.4, -0.2) is 42.1 Å². The van der Waals surface area contributed by atoms with Crippen molar-refractivity contribution in [3.05, 3.63) is 59.7 Å². The van der Waals surface area contributed by atoms with Gasteiger partial charge in [-0.15, -0.1) is 0 Å². The van der Waals surface area contributed by atoms with Crippen LogP contribution >= 0.6 is 0 Å². The molecule has 0 bridgehead atoms. The maximum atomic E-state index is 13.2. The number of halogens is 3. The smallest absolute Gasteiger partial charge is 0.422 e. The Morgan fingerprint density at radius 2 is 1.84 bits per heavy atom. The van der Waals surface area contributed by atoms with E-state index in [0.29, 0.717) is 12.1 Å². The summed E-state index contributed by atoms with van der Waals surface area (Å²) >= 11 is 0. The first-order valence-electron chi connectivity index (χ1n) is 10.00. The second-order valence-electron chi connectivity index (χ2n) is 7.71. The first-order chi connectivity index (χ1) is 15.2. The number of urea groups is 1. The minimum absolute atomic E-state index is 0.00710. The number of ether oxygens (including phenoxy) is 1. The molecule has 0 radical (unpaired) electrons. The third-order valence-corrected chi connectivity index (χ3v) is 5.49. The fraction of sp³-hybridized carbons (Fsp3) is 0.318. The molecule has 10 heteroatoms. The highest BCUT2D eigenvalue weighted by Gasteiger charge is 2.54. The molecule has 2 aromatic carbocycles. The summed E-state index contributed by atoms with van der Waals surface area (Å²) in [6.45, 7) is -1.91. The largest absolute Gasteiger partial charge is 0.484 e. The predicted molar refractivity (Wildman–Crippen MR) is 108 cm³/mol. The molecule has 1 unspecified atom stereocenters. The summed E-state index contributed by atoms with van der Waals surface area (Å²) in [4.78, 5) is 39.1. The van der Waals surface area contributed by atoms with Gasteiger partial charge in [-0.25, -0.2) is 4.79 Å². The number of nitrogens with one attached hydrogen (secondary N) is 2. The summed E-state index contributed by atoms with van der Waals surface area (Å²) in [5.74, 6) is -1.09. The number of aryl methyl sites for hydroxylation is 1. The molecule has 1 atom stereocenters. The number of benzene rings is 2. The maximum absolute atomic E-state index is 13.2. The van der Waals surface area contributed by atoms with Crippen molar-refractivity contribution in [2.24, 2.45) is 0 Å². The lowest BCUT2D eigenvalue weighted by atomic mass is 9.76. The van der Waals surface area contributed by atoms with Gasteiger partial charge in [0.15, 0.2) is 6.61 Å². The molecule has 168 valence electrons. The minimum atomic E-state index is -4.45. The minimum Gasteiger partial charge on any atom is -0.484 e. The van der Waals surface area contributed by atoms with E-state index in [0.717, 1.165) is 28.9 Å². The first kappa shape index (κ1) is 21.7. The van der Waals surface area contributed by atoms with Gasteiger partial charge in [0, 0.05) is 5.69 Å². The molecular weight excluding hydrogens is 427 g/mol. The summed E-state index contributed by atoms with van der Waals surface area (Å²) in [5.41, 5.74) is 0.872. The van der Waals surface area contributed by atoms with Crippen molar-refractivity contribution in [1.82, 2.24) is 10.2 Å². The molecule has 2 N–H and O–H groups in total. The van der Waals surface area contributed by atoms with Gasteiger partial charge in [0.1, 0.15) is 17.8 Å². The van der Waals surface area contributed by atoms with Gasteiger partial charge in [-0.1, -0.05) is 24.3 Å². The zero-order chi connectivity index (χ0) is 22.9. The lowest BCUT2D eigenvalue weighted by molar-refractivity contribution is -0.153. The highest BCUT2D eigenvalue weighted by Crippen LogP contribution is 2.39. The molecule has 1 saturated heterocycles. The monoisotopic (exact) mass is 447 g/mol. The van der Waals surface area contributed by atoms with Gasteiger partial charge in [-0.05, 0) is 54.7 Å². The number of hydrogen-bond acceptors (Lipinski definition) is 4. The molecule has 4 amide bonds. The van der Waals surface area contributed by atoms with Crippen molar-refractivity contribution in [2.45, 2.75) is 31.0 Å². The van der Waals surface area contributed by atoms with E-state index in [1.807, 2.05) is 24.3 Å². The summed E-state index contributed by atoms with van der Waals surface area (Å²) in [5, 5.41) is 5.31. The second-order valence-corrected chi connectivity index (χ2v) is 7.71. The van der Waals surface area contributed by atoms with Crippen LogP contribution < -0.4 is 15.4 Å². The van der Waals surface area contributed by atoms with Crippen molar-refractivity contribution in [2.75, 3.05) is 18.5 Å². The fourth-order valence-corrected chi connectivity index (χ4v) is 4.10. The average molecular weight is 447 g/mol. The Bertz CT molecular complexity index is 1060. The van der Waals surface area contributed by atoms with Crippen LogP contribution in [0, 0.1) is 0 Å². The molecule has 32 heavy (non-hydrogen) atoms. The zero-order valence-corrected chi connectivity index (χ0v) is 16.9. The standard InChI is InChI=1S/C22H20F3N3O4/c23-22(24,25)13-32-16-9-7-15(8-10-16)26-18(29)12-28-19(30)21(27-20(28)31)11-3-5-14-4-1-2-6-17(14)21/h1-2,4,6-10H,3,5,11-13H2,(H,26,29)(H,27,31). The highest BCUT2D eigenvalue weighted by atomic mass is 19.4. The number of carbonyl (C=O) groups is 3. The number of fused-ring (bicyclic) bond motifs is 2. The summed E-state index contributed by atoms with van der Waals surface area (Å²) in [6, 6.07) is 12.1. The Labute approximate surface area is 181 Å². The van der Waals surface area contributed by atoms with E-state index in [4.69, 9.17) is 0 Å². The number of anilines is 1. The fourth-order valence-electron chi connectivity index (χ4n) is 4.10. The predicted octanol–water partition coefficient (Wildman–Crippen LogP) is 3.35. The molecule has 1 aliphatic carbocycles. The first-order valence-corrected chi connectivity index (χ1v) is 10.00. The van der Waals surface area contributed by atoms with Gasteiger partial charge in [0.05, 0.1) is 0 Å². The van der Waals surface area contributed by atoms with Crippen LogP contribution in [0.3, 0.4) is 0 Å². The lowest BCUT2D eigenvalue weighted by Crippen LogP contribution is -2.47. The van der Waals surface area contributed by atoms with Crippen molar-refractivity contribution in [3.8, 4) is 5.75 Å². The number of hydrogen-bond donors (Lipinski definition) is 2. The van der Waals surface area contributed by atoms with Crippen LogP contribution in [0.1, 0.15) is 24.0 Å². The molecule has 1 spiro atoms. The number of carbonyl (C=O) groups excluding carboxylic acids is 3. The van der Waals surface area contributed by atoms with E-state index in [2.05, 4.69) is 15.4 Å². The Balaban J connectivity index is 1.41. The SMILES string of the molecule is O=C(CN1C(=O)NC2(CCCc3ccccc32)C1=O)Nc1ccc(OCC(F)(F)F)cc1. The van der Waals surface area contributed by atoms with Crippen LogP contribution in [0.5, 0.6) is 5.75 Å². The Hall–Kier alpha value is -3.56. The van der Waals surface area contributed by atoms with Gasteiger partial charge >= 0.3 is 12.2 Å². The number of alkyl halides is 3. The van der Waals surface area contributed by atoms with Crippen LogP contribution in [0.2, 0.25) is 0 Å². The van der Waals surface area contributed by atoms with E-state index in [1.165, 1.54) is 24.3 Å². The van der Waals surface area contributed by atoms with Crippen LogP contribution in [0.15, 0.2) is 48.5 Å². The number of amides is 4.